The lowest BCUT2D eigenvalue weighted by Gasteiger charge is -2.32. The van der Waals surface area contributed by atoms with Crippen molar-refractivity contribution in [3.63, 3.8) is 0 Å². The van der Waals surface area contributed by atoms with E-state index in [4.69, 9.17) is 0 Å². The minimum absolute atomic E-state index is 0.612. The molecule has 5 nitrogen and oxygen atoms in total. The van der Waals surface area contributed by atoms with Gasteiger partial charge in [-0.25, -0.2) is 9.97 Å². The zero-order chi connectivity index (χ0) is 15.2. The van der Waals surface area contributed by atoms with E-state index in [9.17, 15) is 0 Å². The van der Waals surface area contributed by atoms with Crippen LogP contribution in [0.25, 0.3) is 0 Å². The van der Waals surface area contributed by atoms with Crippen LogP contribution in [-0.4, -0.2) is 47.6 Å². The Kier molecular flexibility index (Phi) is 5.79. The van der Waals surface area contributed by atoms with Gasteiger partial charge in [-0.3, -0.25) is 0 Å². The summed E-state index contributed by atoms with van der Waals surface area (Å²) in [6.45, 7) is 9.33. The van der Waals surface area contributed by atoms with E-state index in [1.807, 2.05) is 0 Å². The van der Waals surface area contributed by atoms with Crippen LogP contribution in [0.15, 0.2) is 0 Å². The van der Waals surface area contributed by atoms with Gasteiger partial charge in [0.2, 0.25) is 0 Å². The molecule has 0 aromatic carbocycles. The van der Waals surface area contributed by atoms with E-state index in [0.29, 0.717) is 6.04 Å². The lowest BCUT2D eigenvalue weighted by atomic mass is 10.0. The average molecular weight is 291 g/mol. The second-order valence-corrected chi connectivity index (χ2v) is 5.86. The van der Waals surface area contributed by atoms with Crippen molar-refractivity contribution in [2.45, 2.75) is 52.5 Å². The van der Waals surface area contributed by atoms with Crippen molar-refractivity contribution in [1.82, 2.24) is 14.9 Å². The van der Waals surface area contributed by atoms with Crippen molar-refractivity contribution in [2.75, 3.05) is 37.3 Å². The fraction of sp³-hybridized carbons (Fsp3) is 0.750. The van der Waals surface area contributed by atoms with Gasteiger partial charge in [0, 0.05) is 31.1 Å². The molecule has 0 saturated carbocycles. The molecule has 0 spiro atoms. The van der Waals surface area contributed by atoms with Crippen molar-refractivity contribution >= 4 is 11.6 Å². The van der Waals surface area contributed by atoms with Crippen LogP contribution in [0.3, 0.4) is 0 Å². The van der Waals surface area contributed by atoms with Crippen molar-refractivity contribution in [1.29, 1.82) is 0 Å². The minimum Gasteiger partial charge on any atom is -0.370 e. The molecule has 0 radical (unpaired) electrons. The fourth-order valence-electron chi connectivity index (χ4n) is 2.85. The van der Waals surface area contributed by atoms with Crippen molar-refractivity contribution in [3.8, 4) is 0 Å². The van der Waals surface area contributed by atoms with Gasteiger partial charge in [-0.2, -0.15) is 0 Å². The summed E-state index contributed by atoms with van der Waals surface area (Å²) in [4.78, 5) is 11.7. The SMILES string of the molecule is CCNc1nc(CC)nc(NCC2CCCCN2C)c1C. The third kappa shape index (κ3) is 4.06. The number of piperidine rings is 1. The molecular weight excluding hydrogens is 262 g/mol. The van der Waals surface area contributed by atoms with Crippen LogP contribution >= 0.6 is 0 Å². The maximum atomic E-state index is 4.66. The molecule has 2 N–H and O–H groups in total. The van der Waals surface area contributed by atoms with Gasteiger partial charge in [0.15, 0.2) is 0 Å². The molecule has 0 aliphatic carbocycles. The van der Waals surface area contributed by atoms with E-state index in [0.717, 1.165) is 42.5 Å². The molecule has 0 amide bonds. The molecule has 1 aromatic heterocycles. The molecule has 5 heteroatoms. The maximum absolute atomic E-state index is 4.66. The number of rotatable bonds is 6. The summed E-state index contributed by atoms with van der Waals surface area (Å²) in [5.74, 6) is 2.84. The zero-order valence-electron chi connectivity index (χ0n) is 13.9. The Hall–Kier alpha value is -1.36. The van der Waals surface area contributed by atoms with Crippen LogP contribution in [0.4, 0.5) is 11.6 Å². The van der Waals surface area contributed by atoms with Gasteiger partial charge in [-0.15, -0.1) is 0 Å². The number of aromatic nitrogens is 2. The molecule has 21 heavy (non-hydrogen) atoms. The first kappa shape index (κ1) is 16.0. The van der Waals surface area contributed by atoms with Crippen LogP contribution < -0.4 is 10.6 Å². The highest BCUT2D eigenvalue weighted by atomic mass is 15.2. The first-order chi connectivity index (χ1) is 10.2. The van der Waals surface area contributed by atoms with Crippen LogP contribution in [0.1, 0.15) is 44.5 Å². The number of likely N-dealkylation sites (tertiary alicyclic amines) is 1. The van der Waals surface area contributed by atoms with Crippen LogP contribution in [0.2, 0.25) is 0 Å². The molecule has 2 heterocycles. The predicted molar refractivity (Wildman–Crippen MR) is 89.1 cm³/mol. The summed E-state index contributed by atoms with van der Waals surface area (Å²) in [6.07, 6.45) is 4.79. The van der Waals surface area contributed by atoms with E-state index in [1.165, 1.54) is 25.8 Å². The predicted octanol–water partition coefficient (Wildman–Crippen LogP) is 2.68. The molecule has 1 fully saturated rings. The molecular formula is C16H29N5. The second kappa shape index (κ2) is 7.59. The van der Waals surface area contributed by atoms with Gasteiger partial charge >= 0.3 is 0 Å². The highest BCUT2D eigenvalue weighted by Crippen LogP contribution is 2.21. The number of anilines is 2. The van der Waals surface area contributed by atoms with E-state index in [-0.39, 0.29) is 0 Å². The molecule has 1 saturated heterocycles. The highest BCUT2D eigenvalue weighted by molar-refractivity contribution is 5.57. The number of aryl methyl sites for hydroxylation is 1. The van der Waals surface area contributed by atoms with Gasteiger partial charge in [-0.05, 0) is 40.3 Å². The summed E-state index contributed by atoms with van der Waals surface area (Å²) in [6, 6.07) is 0.612. The topological polar surface area (TPSA) is 53.1 Å². The summed E-state index contributed by atoms with van der Waals surface area (Å²) in [7, 11) is 2.22. The fourth-order valence-corrected chi connectivity index (χ4v) is 2.85. The Labute approximate surface area is 128 Å². The smallest absolute Gasteiger partial charge is 0.134 e. The van der Waals surface area contributed by atoms with E-state index in [2.05, 4.69) is 53.3 Å². The highest BCUT2D eigenvalue weighted by Gasteiger charge is 2.19. The normalized spacial score (nSPS) is 19.5. The molecule has 2 rings (SSSR count). The third-order valence-corrected chi connectivity index (χ3v) is 4.28. The van der Waals surface area contributed by atoms with Crippen molar-refractivity contribution < 1.29 is 0 Å². The number of nitrogens with zero attached hydrogens (tertiary/aromatic N) is 3. The summed E-state index contributed by atoms with van der Waals surface area (Å²) < 4.78 is 0. The molecule has 1 aliphatic rings. The number of nitrogens with one attached hydrogen (secondary N) is 2. The third-order valence-electron chi connectivity index (χ3n) is 4.28. The molecule has 1 aromatic rings. The Morgan fingerprint density at radius 1 is 1.14 bits per heavy atom. The Bertz CT molecular complexity index is 460. The van der Waals surface area contributed by atoms with Gasteiger partial charge in [0.05, 0.1) is 0 Å². The average Bonchev–Trinajstić information content (AvgIpc) is 2.49. The number of likely N-dealkylation sites (N-methyl/N-ethyl adjacent to an activating group) is 1. The first-order valence-corrected chi connectivity index (χ1v) is 8.21. The summed E-state index contributed by atoms with van der Waals surface area (Å²) >= 11 is 0. The molecule has 1 aliphatic heterocycles. The van der Waals surface area contributed by atoms with Crippen molar-refractivity contribution in [3.05, 3.63) is 11.4 Å². The minimum atomic E-state index is 0.612. The lowest BCUT2D eigenvalue weighted by molar-refractivity contribution is 0.194. The van der Waals surface area contributed by atoms with Crippen LogP contribution in [0, 0.1) is 6.92 Å². The number of hydrogen-bond acceptors (Lipinski definition) is 5. The second-order valence-electron chi connectivity index (χ2n) is 5.86. The Morgan fingerprint density at radius 3 is 2.48 bits per heavy atom. The van der Waals surface area contributed by atoms with E-state index < -0.39 is 0 Å². The van der Waals surface area contributed by atoms with Crippen molar-refractivity contribution in [2.24, 2.45) is 0 Å². The largest absolute Gasteiger partial charge is 0.370 e. The summed E-state index contributed by atoms with van der Waals surface area (Å²) in [5, 5.41) is 6.89. The monoisotopic (exact) mass is 291 g/mol. The molecule has 0 bridgehead atoms. The maximum Gasteiger partial charge on any atom is 0.134 e. The quantitative estimate of drug-likeness (QED) is 0.844. The summed E-state index contributed by atoms with van der Waals surface area (Å²) in [5.41, 5.74) is 1.12. The first-order valence-electron chi connectivity index (χ1n) is 8.21. The lowest BCUT2D eigenvalue weighted by Crippen LogP contribution is -2.41. The van der Waals surface area contributed by atoms with E-state index >= 15 is 0 Å². The standard InChI is InChI=1S/C16H29N5/c1-5-14-19-15(17-6-2)12(3)16(20-14)18-11-13-9-7-8-10-21(13)4/h13H,5-11H2,1-4H3,(H2,17,18,19,20). The van der Waals surface area contributed by atoms with Crippen LogP contribution in [0.5, 0.6) is 0 Å². The zero-order valence-corrected chi connectivity index (χ0v) is 13.9. The number of hydrogen-bond donors (Lipinski definition) is 2. The molecule has 1 unspecified atom stereocenters. The van der Waals surface area contributed by atoms with Gasteiger partial charge in [0.25, 0.3) is 0 Å². The Morgan fingerprint density at radius 2 is 1.86 bits per heavy atom. The Balaban J connectivity index is 2.09. The molecule has 1 atom stereocenters. The molecule has 118 valence electrons. The van der Waals surface area contributed by atoms with E-state index in [1.54, 1.807) is 0 Å². The van der Waals surface area contributed by atoms with Gasteiger partial charge in [0.1, 0.15) is 17.5 Å². The van der Waals surface area contributed by atoms with Crippen LogP contribution in [-0.2, 0) is 6.42 Å². The van der Waals surface area contributed by atoms with Gasteiger partial charge < -0.3 is 15.5 Å². The van der Waals surface area contributed by atoms with Gasteiger partial charge in [-0.1, -0.05) is 13.3 Å².